The molecular weight excluding hydrogens is 190 g/mol. The molecule has 4 nitrogen and oxygen atoms in total. The third-order valence-corrected chi connectivity index (χ3v) is 2.56. The van der Waals surface area contributed by atoms with E-state index in [9.17, 15) is 0 Å². The average molecular weight is 211 g/mol. The second-order valence-electron chi connectivity index (χ2n) is 4.35. The van der Waals surface area contributed by atoms with Crippen molar-refractivity contribution in [3.8, 4) is 0 Å². The molecule has 0 amide bonds. The molecule has 15 heavy (non-hydrogen) atoms. The number of hydrogen-bond acceptors (Lipinski definition) is 3. The van der Waals surface area contributed by atoms with E-state index < -0.39 is 5.54 Å². The lowest BCUT2D eigenvalue weighted by atomic mass is 10.0. The van der Waals surface area contributed by atoms with Crippen molar-refractivity contribution in [2.24, 2.45) is 5.73 Å². The fraction of sp³-hybridized carbons (Fsp3) is 0.727. The van der Waals surface area contributed by atoms with Gasteiger partial charge in [0.25, 0.3) is 0 Å². The summed E-state index contributed by atoms with van der Waals surface area (Å²) in [5.41, 5.74) is 5.38. The molecule has 0 radical (unpaired) electrons. The van der Waals surface area contributed by atoms with E-state index in [0.717, 1.165) is 31.6 Å². The van der Waals surface area contributed by atoms with Gasteiger partial charge in [-0.2, -0.15) is 0 Å². The molecular formula is C11H21N3O. The number of aryl methyl sites for hydroxylation is 2. The molecule has 0 spiro atoms. The van der Waals surface area contributed by atoms with Gasteiger partial charge in [-0.1, -0.05) is 6.92 Å². The van der Waals surface area contributed by atoms with Crippen molar-refractivity contribution in [3.63, 3.8) is 0 Å². The molecule has 0 fully saturated rings. The topological polar surface area (TPSA) is 64.1 Å². The van der Waals surface area contributed by atoms with Crippen molar-refractivity contribution in [1.82, 2.24) is 9.55 Å². The first kappa shape index (κ1) is 12.2. The Balaban J connectivity index is 2.53. The predicted molar refractivity (Wildman–Crippen MR) is 60.5 cm³/mol. The molecule has 0 bridgehead atoms. The van der Waals surface area contributed by atoms with Crippen molar-refractivity contribution >= 4 is 0 Å². The highest BCUT2D eigenvalue weighted by Crippen LogP contribution is 2.09. The smallest absolute Gasteiger partial charge is 0.108 e. The van der Waals surface area contributed by atoms with Crippen LogP contribution in [0.25, 0.3) is 0 Å². The van der Waals surface area contributed by atoms with E-state index in [-0.39, 0.29) is 6.61 Å². The van der Waals surface area contributed by atoms with Gasteiger partial charge in [0, 0.05) is 30.9 Å². The zero-order chi connectivity index (χ0) is 11.3. The first-order valence-corrected chi connectivity index (χ1v) is 5.49. The Labute approximate surface area is 91.1 Å². The molecule has 0 aliphatic rings. The molecule has 1 heterocycles. The summed E-state index contributed by atoms with van der Waals surface area (Å²) in [5.74, 6) is 1.10. The van der Waals surface area contributed by atoms with Crippen LogP contribution in [0.2, 0.25) is 0 Å². The standard InChI is InChI=1S/C11H21N3O/c1-3-4-10-13-6-8-14(10)7-5-11(2,12)9-15/h6,8,15H,3-5,7,9,12H2,1-2H3. The molecule has 0 aromatic carbocycles. The number of nitrogens with zero attached hydrogens (tertiary/aromatic N) is 2. The minimum Gasteiger partial charge on any atom is -0.394 e. The van der Waals surface area contributed by atoms with Crippen LogP contribution in [0, 0.1) is 0 Å². The highest BCUT2D eigenvalue weighted by Gasteiger charge is 2.17. The van der Waals surface area contributed by atoms with Crippen LogP contribution in [0.3, 0.4) is 0 Å². The highest BCUT2D eigenvalue weighted by molar-refractivity contribution is 4.93. The Hall–Kier alpha value is -0.870. The minimum atomic E-state index is -0.492. The lowest BCUT2D eigenvalue weighted by Gasteiger charge is -2.22. The van der Waals surface area contributed by atoms with E-state index in [0.29, 0.717) is 0 Å². The number of nitrogens with two attached hydrogens (primary N) is 1. The van der Waals surface area contributed by atoms with Crippen LogP contribution in [-0.2, 0) is 13.0 Å². The monoisotopic (exact) mass is 211 g/mol. The van der Waals surface area contributed by atoms with Crippen molar-refractivity contribution in [1.29, 1.82) is 0 Å². The largest absolute Gasteiger partial charge is 0.394 e. The van der Waals surface area contributed by atoms with Gasteiger partial charge in [-0.15, -0.1) is 0 Å². The number of aliphatic hydroxyl groups excluding tert-OH is 1. The van der Waals surface area contributed by atoms with Crippen molar-refractivity contribution < 1.29 is 5.11 Å². The maximum atomic E-state index is 9.05. The van der Waals surface area contributed by atoms with Crippen molar-refractivity contribution in [3.05, 3.63) is 18.2 Å². The van der Waals surface area contributed by atoms with Crippen LogP contribution in [0.5, 0.6) is 0 Å². The summed E-state index contributed by atoms with van der Waals surface area (Å²) in [7, 11) is 0. The van der Waals surface area contributed by atoms with E-state index in [2.05, 4.69) is 16.5 Å². The molecule has 86 valence electrons. The van der Waals surface area contributed by atoms with E-state index in [1.54, 1.807) is 0 Å². The molecule has 0 saturated heterocycles. The molecule has 1 atom stereocenters. The molecule has 0 saturated carbocycles. The molecule has 1 aromatic heterocycles. The molecule has 1 unspecified atom stereocenters. The van der Waals surface area contributed by atoms with E-state index in [4.69, 9.17) is 10.8 Å². The number of aromatic nitrogens is 2. The van der Waals surface area contributed by atoms with Gasteiger partial charge in [-0.05, 0) is 19.8 Å². The summed E-state index contributed by atoms with van der Waals surface area (Å²) >= 11 is 0. The van der Waals surface area contributed by atoms with Gasteiger partial charge < -0.3 is 15.4 Å². The first-order valence-electron chi connectivity index (χ1n) is 5.49. The Kier molecular flexibility index (Phi) is 4.29. The number of imidazole rings is 1. The second kappa shape index (κ2) is 5.28. The maximum absolute atomic E-state index is 9.05. The van der Waals surface area contributed by atoms with Crippen molar-refractivity contribution in [2.75, 3.05) is 6.61 Å². The fourth-order valence-corrected chi connectivity index (χ4v) is 1.45. The number of hydrogen-bond donors (Lipinski definition) is 2. The van der Waals surface area contributed by atoms with Gasteiger partial charge in [-0.25, -0.2) is 4.98 Å². The average Bonchev–Trinajstić information content (AvgIpc) is 2.64. The lowest BCUT2D eigenvalue weighted by molar-refractivity contribution is 0.195. The van der Waals surface area contributed by atoms with Crippen LogP contribution >= 0.6 is 0 Å². The third kappa shape index (κ3) is 3.64. The molecule has 0 aliphatic heterocycles. The van der Waals surface area contributed by atoms with Crippen LogP contribution in [0.4, 0.5) is 0 Å². The summed E-state index contributed by atoms with van der Waals surface area (Å²) in [4.78, 5) is 4.29. The maximum Gasteiger partial charge on any atom is 0.108 e. The predicted octanol–water partition coefficient (Wildman–Crippen LogP) is 0.935. The normalized spacial score (nSPS) is 15.2. The molecule has 0 aliphatic carbocycles. The number of aliphatic hydroxyl groups is 1. The van der Waals surface area contributed by atoms with Crippen LogP contribution in [-0.4, -0.2) is 26.8 Å². The highest BCUT2D eigenvalue weighted by atomic mass is 16.3. The summed E-state index contributed by atoms with van der Waals surface area (Å²) < 4.78 is 2.12. The third-order valence-electron chi connectivity index (χ3n) is 2.56. The lowest BCUT2D eigenvalue weighted by Crippen LogP contribution is -2.41. The fourth-order valence-electron chi connectivity index (χ4n) is 1.45. The van der Waals surface area contributed by atoms with E-state index in [1.807, 2.05) is 19.3 Å². The zero-order valence-corrected chi connectivity index (χ0v) is 9.61. The minimum absolute atomic E-state index is 0.0187. The van der Waals surface area contributed by atoms with Gasteiger partial charge in [0.15, 0.2) is 0 Å². The molecule has 1 aromatic rings. The Morgan fingerprint density at radius 1 is 1.60 bits per heavy atom. The van der Waals surface area contributed by atoms with Gasteiger partial charge in [0.1, 0.15) is 5.82 Å². The molecule has 3 N–H and O–H groups in total. The van der Waals surface area contributed by atoms with Gasteiger partial charge >= 0.3 is 0 Å². The van der Waals surface area contributed by atoms with Crippen molar-refractivity contribution in [2.45, 2.75) is 45.2 Å². The zero-order valence-electron chi connectivity index (χ0n) is 9.61. The van der Waals surface area contributed by atoms with Crippen LogP contribution in [0.1, 0.15) is 32.5 Å². The SMILES string of the molecule is CCCc1nccn1CCC(C)(N)CO. The quantitative estimate of drug-likeness (QED) is 0.736. The summed E-state index contributed by atoms with van der Waals surface area (Å²) in [6.07, 6.45) is 6.64. The molecule has 4 heteroatoms. The first-order chi connectivity index (χ1) is 7.09. The van der Waals surface area contributed by atoms with Crippen LogP contribution in [0.15, 0.2) is 12.4 Å². The Bertz CT molecular complexity index is 294. The van der Waals surface area contributed by atoms with E-state index >= 15 is 0 Å². The van der Waals surface area contributed by atoms with E-state index in [1.165, 1.54) is 0 Å². The molecule has 1 rings (SSSR count). The van der Waals surface area contributed by atoms with Gasteiger partial charge in [0.2, 0.25) is 0 Å². The van der Waals surface area contributed by atoms with Crippen LogP contribution < -0.4 is 5.73 Å². The summed E-state index contributed by atoms with van der Waals surface area (Å²) in [6, 6.07) is 0. The second-order valence-corrected chi connectivity index (χ2v) is 4.35. The summed E-state index contributed by atoms with van der Waals surface area (Å²) in [6.45, 7) is 4.84. The Morgan fingerprint density at radius 2 is 2.33 bits per heavy atom. The summed E-state index contributed by atoms with van der Waals surface area (Å²) in [5, 5.41) is 9.05. The van der Waals surface area contributed by atoms with Gasteiger partial charge in [-0.3, -0.25) is 0 Å². The number of rotatable bonds is 6. The Morgan fingerprint density at radius 3 is 2.93 bits per heavy atom. The van der Waals surface area contributed by atoms with Gasteiger partial charge in [0.05, 0.1) is 6.61 Å².